The van der Waals surface area contributed by atoms with Gasteiger partial charge in [0.05, 0.1) is 0 Å². The minimum atomic E-state index is 0.0402. The van der Waals surface area contributed by atoms with E-state index >= 15 is 0 Å². The SMILES string of the molecule is CC(=O)c1cccc(-c2cccc(C=O)c2)c1. The maximum absolute atomic E-state index is 11.3. The van der Waals surface area contributed by atoms with Gasteiger partial charge < -0.3 is 0 Å². The largest absolute Gasteiger partial charge is 0.298 e. The molecule has 0 unspecified atom stereocenters. The van der Waals surface area contributed by atoms with E-state index in [0.717, 1.165) is 17.4 Å². The van der Waals surface area contributed by atoms with Crippen molar-refractivity contribution in [2.45, 2.75) is 6.92 Å². The van der Waals surface area contributed by atoms with Crippen molar-refractivity contribution in [2.75, 3.05) is 0 Å². The first-order valence-electron chi connectivity index (χ1n) is 5.37. The molecular weight excluding hydrogens is 212 g/mol. The van der Waals surface area contributed by atoms with Crippen LogP contribution in [-0.2, 0) is 0 Å². The van der Waals surface area contributed by atoms with Crippen molar-refractivity contribution in [3.8, 4) is 11.1 Å². The molecule has 2 nitrogen and oxygen atoms in total. The fourth-order valence-corrected chi connectivity index (χ4v) is 1.71. The van der Waals surface area contributed by atoms with E-state index in [4.69, 9.17) is 0 Å². The lowest BCUT2D eigenvalue weighted by atomic mass is 10.0. The summed E-state index contributed by atoms with van der Waals surface area (Å²) in [7, 11) is 0. The third kappa shape index (κ3) is 2.48. The minimum absolute atomic E-state index is 0.0402. The van der Waals surface area contributed by atoms with E-state index in [1.54, 1.807) is 19.1 Å². The fourth-order valence-electron chi connectivity index (χ4n) is 1.71. The van der Waals surface area contributed by atoms with Gasteiger partial charge in [-0.2, -0.15) is 0 Å². The molecular formula is C15H12O2. The highest BCUT2D eigenvalue weighted by Crippen LogP contribution is 2.21. The Kier molecular flexibility index (Phi) is 3.15. The van der Waals surface area contributed by atoms with E-state index in [2.05, 4.69) is 0 Å². The zero-order chi connectivity index (χ0) is 12.3. The second-order valence-electron chi connectivity index (χ2n) is 3.88. The molecule has 0 saturated heterocycles. The Balaban J connectivity index is 2.48. The lowest BCUT2D eigenvalue weighted by Crippen LogP contribution is -1.92. The molecule has 0 spiro atoms. The lowest BCUT2D eigenvalue weighted by Gasteiger charge is -2.04. The van der Waals surface area contributed by atoms with E-state index in [0.29, 0.717) is 11.1 Å². The van der Waals surface area contributed by atoms with Crippen LogP contribution >= 0.6 is 0 Å². The molecule has 0 saturated carbocycles. The molecule has 0 atom stereocenters. The van der Waals surface area contributed by atoms with E-state index < -0.39 is 0 Å². The van der Waals surface area contributed by atoms with Crippen molar-refractivity contribution in [2.24, 2.45) is 0 Å². The van der Waals surface area contributed by atoms with E-state index in [1.165, 1.54) is 0 Å². The lowest BCUT2D eigenvalue weighted by molar-refractivity contribution is 0.101. The smallest absolute Gasteiger partial charge is 0.159 e. The molecule has 0 fully saturated rings. The molecule has 0 aliphatic rings. The number of rotatable bonds is 3. The molecule has 0 bridgehead atoms. The number of hydrogen-bond acceptors (Lipinski definition) is 2. The van der Waals surface area contributed by atoms with Crippen LogP contribution in [0.4, 0.5) is 0 Å². The summed E-state index contributed by atoms with van der Waals surface area (Å²) in [5.41, 5.74) is 3.20. The molecule has 0 heterocycles. The van der Waals surface area contributed by atoms with Gasteiger partial charge in [-0.3, -0.25) is 9.59 Å². The molecule has 2 heteroatoms. The summed E-state index contributed by atoms with van der Waals surface area (Å²) in [5.74, 6) is 0.0402. The first-order valence-corrected chi connectivity index (χ1v) is 5.37. The maximum atomic E-state index is 11.3. The van der Waals surface area contributed by atoms with Crippen LogP contribution in [0.15, 0.2) is 48.5 Å². The summed E-state index contributed by atoms with van der Waals surface area (Å²) in [6.07, 6.45) is 0.818. The average molecular weight is 224 g/mol. The quantitative estimate of drug-likeness (QED) is 0.591. The highest BCUT2D eigenvalue weighted by Gasteiger charge is 2.03. The third-order valence-corrected chi connectivity index (χ3v) is 2.63. The van der Waals surface area contributed by atoms with Crippen molar-refractivity contribution >= 4 is 12.1 Å². The van der Waals surface area contributed by atoms with Crippen LogP contribution < -0.4 is 0 Å². The third-order valence-electron chi connectivity index (χ3n) is 2.63. The summed E-state index contributed by atoms with van der Waals surface area (Å²) < 4.78 is 0. The Bertz CT molecular complexity index is 571. The number of Topliss-reactive ketones (excluding diaryl/α,β-unsaturated/α-hetero) is 1. The number of aldehydes is 1. The molecule has 2 rings (SSSR count). The van der Waals surface area contributed by atoms with Crippen LogP contribution in [-0.4, -0.2) is 12.1 Å². The van der Waals surface area contributed by atoms with Gasteiger partial charge in [-0.05, 0) is 30.2 Å². The molecule has 0 aromatic heterocycles. The monoisotopic (exact) mass is 224 g/mol. The van der Waals surface area contributed by atoms with Crippen LogP contribution in [0, 0.1) is 0 Å². The van der Waals surface area contributed by atoms with Gasteiger partial charge in [0.1, 0.15) is 6.29 Å². The fraction of sp³-hybridized carbons (Fsp3) is 0.0667. The summed E-state index contributed by atoms with van der Waals surface area (Å²) in [6, 6.07) is 14.7. The number of hydrogen-bond donors (Lipinski definition) is 0. The topological polar surface area (TPSA) is 34.1 Å². The number of benzene rings is 2. The van der Waals surface area contributed by atoms with Crippen molar-refractivity contribution in [1.29, 1.82) is 0 Å². The zero-order valence-corrected chi connectivity index (χ0v) is 9.51. The second kappa shape index (κ2) is 4.74. The second-order valence-corrected chi connectivity index (χ2v) is 3.88. The Morgan fingerprint density at radius 3 is 2.29 bits per heavy atom. The van der Waals surface area contributed by atoms with Crippen molar-refractivity contribution in [3.63, 3.8) is 0 Å². The summed E-state index contributed by atoms with van der Waals surface area (Å²) in [4.78, 5) is 22.0. The standard InChI is InChI=1S/C15H12O2/c1-11(17)13-5-3-7-15(9-13)14-6-2-4-12(8-14)10-16/h2-10H,1H3. The highest BCUT2D eigenvalue weighted by molar-refractivity contribution is 5.95. The Morgan fingerprint density at radius 2 is 1.65 bits per heavy atom. The first-order chi connectivity index (χ1) is 8.20. The van der Waals surface area contributed by atoms with E-state index in [-0.39, 0.29) is 5.78 Å². The van der Waals surface area contributed by atoms with Crippen molar-refractivity contribution < 1.29 is 9.59 Å². The van der Waals surface area contributed by atoms with Crippen molar-refractivity contribution in [3.05, 3.63) is 59.7 Å². The molecule has 0 aliphatic carbocycles. The van der Waals surface area contributed by atoms with Crippen LogP contribution in [0.3, 0.4) is 0 Å². The molecule has 17 heavy (non-hydrogen) atoms. The first kappa shape index (κ1) is 11.3. The molecule has 2 aromatic carbocycles. The van der Waals surface area contributed by atoms with Crippen molar-refractivity contribution in [1.82, 2.24) is 0 Å². The van der Waals surface area contributed by atoms with Gasteiger partial charge in [-0.15, -0.1) is 0 Å². The van der Waals surface area contributed by atoms with Crippen LogP contribution in [0.25, 0.3) is 11.1 Å². The predicted octanol–water partition coefficient (Wildman–Crippen LogP) is 3.37. The maximum Gasteiger partial charge on any atom is 0.159 e. The number of carbonyl (C=O) groups excluding carboxylic acids is 2. The Labute approximate surface area is 99.9 Å². The summed E-state index contributed by atoms with van der Waals surface area (Å²) >= 11 is 0. The summed E-state index contributed by atoms with van der Waals surface area (Å²) in [6.45, 7) is 1.54. The van der Waals surface area contributed by atoms with Gasteiger partial charge >= 0.3 is 0 Å². The van der Waals surface area contributed by atoms with Crippen LogP contribution in [0.5, 0.6) is 0 Å². The van der Waals surface area contributed by atoms with Gasteiger partial charge in [0.2, 0.25) is 0 Å². The normalized spacial score (nSPS) is 9.94. The van der Waals surface area contributed by atoms with Gasteiger partial charge in [-0.25, -0.2) is 0 Å². The molecule has 84 valence electrons. The number of carbonyl (C=O) groups is 2. The zero-order valence-electron chi connectivity index (χ0n) is 9.51. The van der Waals surface area contributed by atoms with E-state index in [9.17, 15) is 9.59 Å². The minimum Gasteiger partial charge on any atom is -0.298 e. The molecule has 0 N–H and O–H groups in total. The highest BCUT2D eigenvalue weighted by atomic mass is 16.1. The molecule has 2 aromatic rings. The van der Waals surface area contributed by atoms with Gasteiger partial charge in [0.15, 0.2) is 5.78 Å². The van der Waals surface area contributed by atoms with E-state index in [1.807, 2.05) is 36.4 Å². The Hall–Kier alpha value is -2.22. The summed E-state index contributed by atoms with van der Waals surface area (Å²) in [5, 5.41) is 0. The van der Waals surface area contributed by atoms with Gasteiger partial charge in [0, 0.05) is 11.1 Å². The number of ketones is 1. The molecule has 0 aliphatic heterocycles. The molecule has 0 amide bonds. The predicted molar refractivity (Wildman–Crippen MR) is 67.3 cm³/mol. The van der Waals surface area contributed by atoms with Crippen LogP contribution in [0.2, 0.25) is 0 Å². The van der Waals surface area contributed by atoms with Gasteiger partial charge in [-0.1, -0.05) is 36.4 Å². The van der Waals surface area contributed by atoms with Crippen LogP contribution in [0.1, 0.15) is 27.6 Å². The Morgan fingerprint density at radius 1 is 1.00 bits per heavy atom. The molecule has 0 radical (unpaired) electrons. The average Bonchev–Trinajstić information content (AvgIpc) is 2.39. The van der Waals surface area contributed by atoms with Gasteiger partial charge in [0.25, 0.3) is 0 Å².